The molecule has 2 rings (SSSR count). The van der Waals surface area contributed by atoms with E-state index in [1.807, 2.05) is 22.5 Å². The number of hydrazine groups is 1. The molecule has 2 aromatic rings. The summed E-state index contributed by atoms with van der Waals surface area (Å²) in [5.41, 5.74) is 6.55. The molecule has 2 aromatic heterocycles. The fourth-order valence-corrected chi connectivity index (χ4v) is 2.18. The zero-order valence-electron chi connectivity index (χ0n) is 9.13. The first-order valence-electron chi connectivity index (χ1n) is 5.21. The van der Waals surface area contributed by atoms with Crippen molar-refractivity contribution in [2.45, 2.75) is 25.9 Å². The molecule has 0 aliphatic carbocycles. The highest BCUT2D eigenvalue weighted by atomic mass is 32.1. The van der Waals surface area contributed by atoms with E-state index in [0.717, 1.165) is 24.2 Å². The second-order valence-electron chi connectivity index (χ2n) is 3.55. The van der Waals surface area contributed by atoms with E-state index >= 15 is 0 Å². The Bertz CT molecular complexity index is 422. The maximum atomic E-state index is 5.56. The Labute approximate surface area is 98.3 Å². The van der Waals surface area contributed by atoms with Gasteiger partial charge in [0, 0.05) is 23.7 Å². The van der Waals surface area contributed by atoms with Gasteiger partial charge in [-0.3, -0.25) is 10.5 Å². The average molecular weight is 237 g/mol. The Morgan fingerprint density at radius 1 is 1.62 bits per heavy atom. The maximum absolute atomic E-state index is 5.56. The lowest BCUT2D eigenvalue weighted by atomic mass is 10.1. The first kappa shape index (κ1) is 11.3. The molecule has 0 aromatic carbocycles. The SMILES string of the molecule is CCCn1cc(C(NN)c2cscn2)cn1. The molecule has 0 bridgehead atoms. The molecule has 0 saturated heterocycles. The summed E-state index contributed by atoms with van der Waals surface area (Å²) < 4.78 is 1.92. The van der Waals surface area contributed by atoms with E-state index in [2.05, 4.69) is 22.4 Å². The van der Waals surface area contributed by atoms with Crippen molar-refractivity contribution in [3.05, 3.63) is 34.5 Å². The van der Waals surface area contributed by atoms with Crippen molar-refractivity contribution in [2.24, 2.45) is 5.84 Å². The molecule has 16 heavy (non-hydrogen) atoms. The number of nitrogens with two attached hydrogens (primary N) is 1. The number of thiazole rings is 1. The molecule has 86 valence electrons. The molecule has 0 radical (unpaired) electrons. The van der Waals surface area contributed by atoms with Crippen LogP contribution in [0.25, 0.3) is 0 Å². The van der Waals surface area contributed by atoms with E-state index in [1.54, 1.807) is 16.8 Å². The Morgan fingerprint density at radius 2 is 2.50 bits per heavy atom. The van der Waals surface area contributed by atoms with Crippen LogP contribution in [-0.4, -0.2) is 14.8 Å². The molecule has 1 atom stereocenters. The van der Waals surface area contributed by atoms with Gasteiger partial charge in [-0.15, -0.1) is 11.3 Å². The summed E-state index contributed by atoms with van der Waals surface area (Å²) in [7, 11) is 0. The van der Waals surface area contributed by atoms with Crippen LogP contribution in [0.3, 0.4) is 0 Å². The molecule has 0 aliphatic rings. The molecule has 6 heteroatoms. The molecular weight excluding hydrogens is 222 g/mol. The van der Waals surface area contributed by atoms with Gasteiger partial charge in [0.15, 0.2) is 0 Å². The number of aromatic nitrogens is 3. The summed E-state index contributed by atoms with van der Waals surface area (Å²) >= 11 is 1.56. The second-order valence-corrected chi connectivity index (χ2v) is 4.27. The summed E-state index contributed by atoms with van der Waals surface area (Å²) in [6, 6.07) is -0.0724. The Kier molecular flexibility index (Phi) is 3.66. The molecule has 2 heterocycles. The number of hydrogen-bond acceptors (Lipinski definition) is 5. The molecule has 5 nitrogen and oxygen atoms in total. The molecule has 1 unspecified atom stereocenters. The Morgan fingerprint density at radius 3 is 3.12 bits per heavy atom. The predicted molar refractivity (Wildman–Crippen MR) is 63.8 cm³/mol. The molecule has 3 N–H and O–H groups in total. The molecular formula is C10H15N5S. The second kappa shape index (κ2) is 5.20. The van der Waals surface area contributed by atoms with E-state index in [1.165, 1.54) is 0 Å². The maximum Gasteiger partial charge on any atom is 0.0920 e. The average Bonchev–Trinajstić information content (AvgIpc) is 2.92. The van der Waals surface area contributed by atoms with Crippen LogP contribution in [-0.2, 0) is 6.54 Å². The third kappa shape index (κ3) is 2.29. The van der Waals surface area contributed by atoms with Gasteiger partial charge in [-0.25, -0.2) is 10.4 Å². The third-order valence-corrected chi connectivity index (χ3v) is 2.96. The number of hydrogen-bond donors (Lipinski definition) is 2. The van der Waals surface area contributed by atoms with Gasteiger partial charge in [0.2, 0.25) is 0 Å². The molecule has 0 saturated carbocycles. The zero-order chi connectivity index (χ0) is 11.4. The van der Waals surface area contributed by atoms with Crippen molar-refractivity contribution in [3.63, 3.8) is 0 Å². The first-order chi connectivity index (χ1) is 7.85. The van der Waals surface area contributed by atoms with Crippen LogP contribution in [0.1, 0.15) is 30.6 Å². The van der Waals surface area contributed by atoms with Gasteiger partial charge in [-0.1, -0.05) is 6.92 Å². The summed E-state index contributed by atoms with van der Waals surface area (Å²) in [5.74, 6) is 5.56. The first-order valence-corrected chi connectivity index (χ1v) is 6.16. The van der Waals surface area contributed by atoms with Gasteiger partial charge in [0.25, 0.3) is 0 Å². The number of nitrogens with one attached hydrogen (secondary N) is 1. The smallest absolute Gasteiger partial charge is 0.0920 e. The molecule has 0 aliphatic heterocycles. The van der Waals surface area contributed by atoms with Crippen molar-refractivity contribution in [1.29, 1.82) is 0 Å². The van der Waals surface area contributed by atoms with E-state index in [4.69, 9.17) is 5.84 Å². The minimum atomic E-state index is -0.0724. The monoisotopic (exact) mass is 237 g/mol. The van der Waals surface area contributed by atoms with Crippen molar-refractivity contribution in [1.82, 2.24) is 20.2 Å². The quantitative estimate of drug-likeness (QED) is 0.607. The third-order valence-electron chi connectivity index (χ3n) is 2.35. The van der Waals surface area contributed by atoms with Crippen molar-refractivity contribution in [2.75, 3.05) is 0 Å². The van der Waals surface area contributed by atoms with Crippen LogP contribution in [0.5, 0.6) is 0 Å². The topological polar surface area (TPSA) is 68.8 Å². The highest BCUT2D eigenvalue weighted by Gasteiger charge is 2.15. The van der Waals surface area contributed by atoms with Crippen molar-refractivity contribution in [3.8, 4) is 0 Å². The van der Waals surface area contributed by atoms with Crippen molar-refractivity contribution >= 4 is 11.3 Å². The lowest BCUT2D eigenvalue weighted by Crippen LogP contribution is -2.28. The fourth-order valence-electron chi connectivity index (χ4n) is 1.60. The minimum absolute atomic E-state index is 0.0724. The van der Waals surface area contributed by atoms with Crippen LogP contribution in [0.15, 0.2) is 23.3 Å². The normalized spacial score (nSPS) is 12.9. The summed E-state index contributed by atoms with van der Waals surface area (Å²) in [6.45, 7) is 3.05. The number of aryl methyl sites for hydroxylation is 1. The lowest BCUT2D eigenvalue weighted by molar-refractivity contribution is 0.596. The largest absolute Gasteiger partial charge is 0.272 e. The van der Waals surface area contributed by atoms with Gasteiger partial charge in [-0.05, 0) is 6.42 Å². The number of rotatable bonds is 5. The molecule has 0 spiro atoms. The van der Waals surface area contributed by atoms with Crippen LogP contribution in [0.2, 0.25) is 0 Å². The Balaban J connectivity index is 2.20. The fraction of sp³-hybridized carbons (Fsp3) is 0.400. The predicted octanol–water partition coefficient (Wildman–Crippen LogP) is 1.30. The van der Waals surface area contributed by atoms with Gasteiger partial charge in [0.05, 0.1) is 23.4 Å². The summed E-state index contributed by atoms with van der Waals surface area (Å²) in [6.07, 6.45) is 4.91. The number of nitrogens with zero attached hydrogens (tertiary/aromatic N) is 3. The highest BCUT2D eigenvalue weighted by molar-refractivity contribution is 7.07. The molecule has 0 amide bonds. The van der Waals surface area contributed by atoms with Gasteiger partial charge >= 0.3 is 0 Å². The van der Waals surface area contributed by atoms with Gasteiger partial charge in [0.1, 0.15) is 0 Å². The lowest BCUT2D eigenvalue weighted by Gasteiger charge is -2.10. The van der Waals surface area contributed by atoms with Gasteiger partial charge in [-0.2, -0.15) is 5.10 Å². The van der Waals surface area contributed by atoms with E-state index in [9.17, 15) is 0 Å². The minimum Gasteiger partial charge on any atom is -0.272 e. The van der Waals surface area contributed by atoms with E-state index in [0.29, 0.717) is 0 Å². The van der Waals surface area contributed by atoms with Crippen LogP contribution in [0, 0.1) is 0 Å². The van der Waals surface area contributed by atoms with Crippen molar-refractivity contribution < 1.29 is 0 Å². The van der Waals surface area contributed by atoms with Crippen LogP contribution in [0.4, 0.5) is 0 Å². The highest BCUT2D eigenvalue weighted by Crippen LogP contribution is 2.20. The van der Waals surface area contributed by atoms with Crippen LogP contribution < -0.4 is 11.3 Å². The summed E-state index contributed by atoms with van der Waals surface area (Å²) in [4.78, 5) is 4.26. The standard InChI is InChI=1S/C10H15N5S/c1-2-3-15-5-8(4-13-15)10(14-11)9-6-16-7-12-9/h4-7,10,14H,2-3,11H2,1H3. The van der Waals surface area contributed by atoms with E-state index < -0.39 is 0 Å². The molecule has 0 fully saturated rings. The summed E-state index contributed by atoms with van der Waals surface area (Å²) in [5, 5.41) is 6.27. The van der Waals surface area contributed by atoms with Gasteiger partial charge < -0.3 is 0 Å². The van der Waals surface area contributed by atoms with E-state index in [-0.39, 0.29) is 6.04 Å². The Hall–Kier alpha value is -1.24. The zero-order valence-corrected chi connectivity index (χ0v) is 9.94. The van der Waals surface area contributed by atoms with Crippen LogP contribution >= 0.6 is 11.3 Å².